The average Bonchev–Trinajstić information content (AvgIpc) is 2.03. The highest BCUT2D eigenvalue weighted by atomic mass is 14.9. The predicted molar refractivity (Wildman–Crippen MR) is 50.7 cm³/mol. The van der Waals surface area contributed by atoms with Crippen LogP contribution in [0.5, 0.6) is 0 Å². The van der Waals surface area contributed by atoms with E-state index in [1.807, 2.05) is 0 Å². The van der Waals surface area contributed by atoms with Crippen molar-refractivity contribution in [2.24, 2.45) is 5.73 Å². The zero-order valence-corrected chi connectivity index (χ0v) is 7.90. The van der Waals surface area contributed by atoms with E-state index in [0.29, 0.717) is 6.04 Å². The number of nitrogens with one attached hydrogen (secondary N) is 1. The molecule has 0 aromatic carbocycles. The van der Waals surface area contributed by atoms with Gasteiger partial charge in [-0.25, -0.2) is 0 Å². The molecule has 3 N–H and O–H groups in total. The van der Waals surface area contributed by atoms with Crippen LogP contribution in [-0.2, 0) is 0 Å². The molecule has 0 bridgehead atoms. The van der Waals surface area contributed by atoms with Crippen molar-refractivity contribution in [3.8, 4) is 0 Å². The van der Waals surface area contributed by atoms with E-state index >= 15 is 0 Å². The number of rotatable bonds is 7. The zero-order valence-electron chi connectivity index (χ0n) is 7.90. The Labute approximate surface area is 70.5 Å². The smallest absolute Gasteiger partial charge is 0.00764 e. The van der Waals surface area contributed by atoms with Crippen molar-refractivity contribution in [1.29, 1.82) is 0 Å². The fourth-order valence-electron chi connectivity index (χ4n) is 1.13. The normalized spacial score (nSPS) is 13.4. The molecule has 0 aliphatic heterocycles. The first kappa shape index (κ1) is 10.9. The Morgan fingerprint density at radius 3 is 2.55 bits per heavy atom. The second-order valence-corrected chi connectivity index (χ2v) is 2.99. The minimum Gasteiger partial charge on any atom is -0.330 e. The van der Waals surface area contributed by atoms with E-state index in [0.717, 1.165) is 19.5 Å². The van der Waals surface area contributed by atoms with Gasteiger partial charge in [-0.15, -0.1) is 0 Å². The Morgan fingerprint density at radius 1 is 1.36 bits per heavy atom. The molecule has 0 heterocycles. The van der Waals surface area contributed by atoms with Crippen molar-refractivity contribution in [3.63, 3.8) is 0 Å². The van der Waals surface area contributed by atoms with Crippen LogP contribution in [0, 0.1) is 0 Å². The van der Waals surface area contributed by atoms with Crippen molar-refractivity contribution in [3.05, 3.63) is 0 Å². The molecule has 0 saturated carbocycles. The van der Waals surface area contributed by atoms with Gasteiger partial charge in [0.25, 0.3) is 0 Å². The van der Waals surface area contributed by atoms with E-state index < -0.39 is 0 Å². The average molecular weight is 158 g/mol. The van der Waals surface area contributed by atoms with Gasteiger partial charge < -0.3 is 11.1 Å². The molecule has 0 amide bonds. The summed E-state index contributed by atoms with van der Waals surface area (Å²) >= 11 is 0. The number of hydrogen-bond acceptors (Lipinski definition) is 2. The summed E-state index contributed by atoms with van der Waals surface area (Å²) in [6, 6.07) is 0.645. The quantitative estimate of drug-likeness (QED) is 0.551. The minimum absolute atomic E-state index is 0.645. The van der Waals surface area contributed by atoms with Crippen LogP contribution < -0.4 is 11.1 Å². The van der Waals surface area contributed by atoms with E-state index in [1.165, 1.54) is 19.3 Å². The van der Waals surface area contributed by atoms with E-state index in [-0.39, 0.29) is 0 Å². The SMILES string of the molecule is CCCCNC(CC)CCN. The largest absolute Gasteiger partial charge is 0.330 e. The Morgan fingerprint density at radius 2 is 2.09 bits per heavy atom. The van der Waals surface area contributed by atoms with Crippen LogP contribution >= 0.6 is 0 Å². The van der Waals surface area contributed by atoms with Crippen LogP contribution in [0.25, 0.3) is 0 Å². The second-order valence-electron chi connectivity index (χ2n) is 2.99. The van der Waals surface area contributed by atoms with Crippen molar-refractivity contribution in [2.75, 3.05) is 13.1 Å². The predicted octanol–water partition coefficient (Wildman–Crippen LogP) is 1.50. The number of hydrogen-bond donors (Lipinski definition) is 2. The van der Waals surface area contributed by atoms with Gasteiger partial charge in [0.2, 0.25) is 0 Å². The van der Waals surface area contributed by atoms with Crippen molar-refractivity contribution in [1.82, 2.24) is 5.32 Å². The van der Waals surface area contributed by atoms with Gasteiger partial charge >= 0.3 is 0 Å². The lowest BCUT2D eigenvalue weighted by atomic mass is 10.1. The zero-order chi connectivity index (χ0) is 8.53. The van der Waals surface area contributed by atoms with Crippen LogP contribution in [0.1, 0.15) is 39.5 Å². The maximum Gasteiger partial charge on any atom is 0.00764 e. The fourth-order valence-corrected chi connectivity index (χ4v) is 1.13. The summed E-state index contributed by atoms with van der Waals surface area (Å²) < 4.78 is 0. The Hall–Kier alpha value is -0.0800. The molecule has 0 fully saturated rings. The highest BCUT2D eigenvalue weighted by Crippen LogP contribution is 1.95. The van der Waals surface area contributed by atoms with Crippen molar-refractivity contribution >= 4 is 0 Å². The summed E-state index contributed by atoms with van der Waals surface area (Å²) in [5.41, 5.74) is 5.47. The van der Waals surface area contributed by atoms with Gasteiger partial charge in [0.1, 0.15) is 0 Å². The third-order valence-corrected chi connectivity index (χ3v) is 1.97. The van der Waals surface area contributed by atoms with Crippen LogP contribution in [0.15, 0.2) is 0 Å². The maximum absolute atomic E-state index is 5.47. The van der Waals surface area contributed by atoms with Crippen LogP contribution in [0.4, 0.5) is 0 Å². The van der Waals surface area contributed by atoms with Gasteiger partial charge in [0, 0.05) is 6.04 Å². The van der Waals surface area contributed by atoms with Gasteiger partial charge in [0.15, 0.2) is 0 Å². The second kappa shape index (κ2) is 8.02. The Kier molecular flexibility index (Phi) is 7.96. The molecule has 2 nitrogen and oxygen atoms in total. The molecule has 1 atom stereocenters. The Balaban J connectivity index is 3.20. The highest BCUT2D eigenvalue weighted by Gasteiger charge is 2.01. The molecule has 0 aliphatic carbocycles. The lowest BCUT2D eigenvalue weighted by Crippen LogP contribution is -2.31. The molecule has 0 saturated heterocycles. The number of nitrogens with two attached hydrogens (primary N) is 1. The van der Waals surface area contributed by atoms with Crippen LogP contribution in [0.2, 0.25) is 0 Å². The first-order chi connectivity index (χ1) is 5.35. The monoisotopic (exact) mass is 158 g/mol. The topological polar surface area (TPSA) is 38.0 Å². The van der Waals surface area contributed by atoms with Gasteiger partial charge in [-0.05, 0) is 32.4 Å². The van der Waals surface area contributed by atoms with E-state index in [9.17, 15) is 0 Å². The van der Waals surface area contributed by atoms with Crippen molar-refractivity contribution in [2.45, 2.75) is 45.6 Å². The van der Waals surface area contributed by atoms with Crippen LogP contribution in [-0.4, -0.2) is 19.1 Å². The molecule has 0 aromatic heterocycles. The van der Waals surface area contributed by atoms with Gasteiger partial charge in [-0.1, -0.05) is 20.3 Å². The number of unbranched alkanes of at least 4 members (excludes halogenated alkanes) is 1. The summed E-state index contributed by atoms with van der Waals surface area (Å²) in [5, 5.41) is 3.49. The summed E-state index contributed by atoms with van der Waals surface area (Å²) in [7, 11) is 0. The molecule has 0 aromatic rings. The maximum atomic E-state index is 5.47. The first-order valence-electron chi connectivity index (χ1n) is 4.78. The third kappa shape index (κ3) is 6.32. The molecule has 2 heteroatoms. The van der Waals surface area contributed by atoms with Gasteiger partial charge in [0.05, 0.1) is 0 Å². The molecule has 0 aliphatic rings. The van der Waals surface area contributed by atoms with Gasteiger partial charge in [-0.2, -0.15) is 0 Å². The standard InChI is InChI=1S/C9H22N2/c1-3-5-8-11-9(4-2)6-7-10/h9,11H,3-8,10H2,1-2H3. The molecular weight excluding hydrogens is 136 g/mol. The molecular formula is C9H22N2. The summed E-state index contributed by atoms with van der Waals surface area (Å²) in [6.07, 6.45) is 4.86. The molecule has 1 unspecified atom stereocenters. The van der Waals surface area contributed by atoms with E-state index in [1.54, 1.807) is 0 Å². The van der Waals surface area contributed by atoms with Gasteiger partial charge in [-0.3, -0.25) is 0 Å². The molecule has 0 radical (unpaired) electrons. The van der Waals surface area contributed by atoms with Crippen molar-refractivity contribution < 1.29 is 0 Å². The molecule has 11 heavy (non-hydrogen) atoms. The van der Waals surface area contributed by atoms with E-state index in [4.69, 9.17) is 5.73 Å². The first-order valence-corrected chi connectivity index (χ1v) is 4.78. The summed E-state index contributed by atoms with van der Waals surface area (Å²) in [4.78, 5) is 0. The molecule has 0 rings (SSSR count). The highest BCUT2D eigenvalue weighted by molar-refractivity contribution is 4.64. The summed E-state index contributed by atoms with van der Waals surface area (Å²) in [6.45, 7) is 6.37. The molecule has 0 spiro atoms. The third-order valence-electron chi connectivity index (χ3n) is 1.97. The lowest BCUT2D eigenvalue weighted by molar-refractivity contribution is 0.466. The summed E-state index contributed by atoms with van der Waals surface area (Å²) in [5.74, 6) is 0. The molecule has 68 valence electrons. The Bertz CT molecular complexity index is 74.0. The fraction of sp³-hybridized carbons (Fsp3) is 1.00. The van der Waals surface area contributed by atoms with E-state index in [2.05, 4.69) is 19.2 Å². The minimum atomic E-state index is 0.645. The lowest BCUT2D eigenvalue weighted by Gasteiger charge is -2.15. The van der Waals surface area contributed by atoms with Crippen LogP contribution in [0.3, 0.4) is 0 Å².